The number of methoxy groups -OCH3 is 2. The minimum atomic E-state index is -0.637. The molecule has 0 aliphatic carbocycles. The average molecular weight is 246 g/mol. The van der Waals surface area contributed by atoms with Crippen LogP contribution in [0.4, 0.5) is 0 Å². The topological polar surface area (TPSA) is 76.7 Å². The molecule has 0 rings (SSSR count). The minimum Gasteiger partial charge on any atom is -0.469 e. The maximum Gasteiger partial charge on any atom is 0.312 e. The molecule has 0 aromatic heterocycles. The summed E-state index contributed by atoms with van der Waals surface area (Å²) >= 11 is 0. The molecule has 100 valence electrons. The molecular weight excluding hydrogens is 224 g/mol. The first-order valence-electron chi connectivity index (χ1n) is 5.49. The van der Waals surface area contributed by atoms with Crippen LogP contribution in [0.15, 0.2) is 0 Å². The van der Waals surface area contributed by atoms with Crippen LogP contribution in [0, 0.1) is 5.41 Å². The highest BCUT2D eigenvalue weighted by Crippen LogP contribution is 2.14. The van der Waals surface area contributed by atoms with Crippen LogP contribution in [0.5, 0.6) is 0 Å². The zero-order valence-electron chi connectivity index (χ0n) is 11.0. The molecule has 0 aliphatic rings. The van der Waals surface area contributed by atoms with Crippen molar-refractivity contribution >= 4 is 11.9 Å². The van der Waals surface area contributed by atoms with Gasteiger partial charge in [0.2, 0.25) is 5.91 Å². The van der Waals surface area contributed by atoms with Gasteiger partial charge in [0.1, 0.15) is 0 Å². The van der Waals surface area contributed by atoms with Gasteiger partial charge in [-0.3, -0.25) is 9.59 Å². The van der Waals surface area contributed by atoms with Crippen molar-refractivity contribution in [3.8, 4) is 0 Å². The Hall–Kier alpha value is -1.14. The molecule has 0 bridgehead atoms. The summed E-state index contributed by atoms with van der Waals surface area (Å²) in [7, 11) is 2.92. The number of ether oxygens (including phenoxy) is 2. The Bertz CT molecular complexity index is 254. The van der Waals surface area contributed by atoms with Crippen LogP contribution in [0.1, 0.15) is 13.8 Å². The van der Waals surface area contributed by atoms with Crippen LogP contribution in [0.3, 0.4) is 0 Å². The molecule has 0 fully saturated rings. The van der Waals surface area contributed by atoms with Gasteiger partial charge in [0, 0.05) is 20.2 Å². The molecule has 0 heterocycles. The largest absolute Gasteiger partial charge is 0.469 e. The first-order chi connectivity index (χ1) is 7.94. The highest BCUT2D eigenvalue weighted by molar-refractivity contribution is 5.78. The van der Waals surface area contributed by atoms with Crippen LogP contribution in [0.25, 0.3) is 0 Å². The fourth-order valence-corrected chi connectivity index (χ4v) is 1.19. The maximum absolute atomic E-state index is 11.3. The summed E-state index contributed by atoms with van der Waals surface area (Å²) in [5.74, 6) is -0.424. The molecule has 0 spiro atoms. The van der Waals surface area contributed by atoms with Gasteiger partial charge in [-0.2, -0.15) is 0 Å². The molecular formula is C11H22N2O4. The average Bonchev–Trinajstić information content (AvgIpc) is 2.28. The summed E-state index contributed by atoms with van der Waals surface area (Å²) in [6.07, 6.45) is 0. The first kappa shape index (κ1) is 15.9. The van der Waals surface area contributed by atoms with Crippen molar-refractivity contribution in [2.24, 2.45) is 5.41 Å². The minimum absolute atomic E-state index is 0.122. The zero-order valence-corrected chi connectivity index (χ0v) is 11.0. The van der Waals surface area contributed by atoms with Gasteiger partial charge in [-0.05, 0) is 13.8 Å². The molecule has 0 aliphatic heterocycles. The second-order valence-corrected chi connectivity index (χ2v) is 4.32. The second kappa shape index (κ2) is 8.03. The number of carbonyl (C=O) groups excluding carboxylic acids is 2. The van der Waals surface area contributed by atoms with Crippen LogP contribution in [0.2, 0.25) is 0 Å². The van der Waals surface area contributed by atoms with E-state index in [4.69, 9.17) is 4.74 Å². The molecule has 0 saturated carbocycles. The lowest BCUT2D eigenvalue weighted by molar-refractivity contribution is -0.150. The number of carbonyl (C=O) groups is 2. The summed E-state index contributed by atoms with van der Waals surface area (Å²) in [6, 6.07) is 0. The Labute approximate surface area is 102 Å². The Morgan fingerprint density at radius 3 is 2.41 bits per heavy atom. The summed E-state index contributed by atoms with van der Waals surface area (Å²) in [5, 5.41) is 5.58. The monoisotopic (exact) mass is 246 g/mol. The summed E-state index contributed by atoms with van der Waals surface area (Å²) in [4.78, 5) is 22.6. The molecule has 1 amide bonds. The van der Waals surface area contributed by atoms with Gasteiger partial charge in [0.05, 0.1) is 25.7 Å². The van der Waals surface area contributed by atoms with E-state index >= 15 is 0 Å². The molecule has 0 aromatic rings. The van der Waals surface area contributed by atoms with Crippen molar-refractivity contribution in [3.63, 3.8) is 0 Å². The van der Waals surface area contributed by atoms with Crippen molar-refractivity contribution in [2.75, 3.05) is 40.5 Å². The Morgan fingerprint density at radius 1 is 1.24 bits per heavy atom. The summed E-state index contributed by atoms with van der Waals surface area (Å²) in [5.41, 5.74) is -0.637. The lowest BCUT2D eigenvalue weighted by Crippen LogP contribution is -2.42. The van der Waals surface area contributed by atoms with E-state index in [1.165, 1.54) is 7.11 Å². The molecule has 6 nitrogen and oxygen atoms in total. The molecule has 0 unspecified atom stereocenters. The molecule has 0 aromatic carbocycles. The van der Waals surface area contributed by atoms with Gasteiger partial charge in [0.15, 0.2) is 0 Å². The smallest absolute Gasteiger partial charge is 0.312 e. The van der Waals surface area contributed by atoms with E-state index in [1.807, 2.05) is 0 Å². The number of hydrogen-bond acceptors (Lipinski definition) is 5. The third kappa shape index (κ3) is 6.91. The third-order valence-electron chi connectivity index (χ3n) is 2.22. The Balaban J connectivity index is 3.75. The van der Waals surface area contributed by atoms with E-state index in [0.717, 1.165) is 0 Å². The van der Waals surface area contributed by atoms with Crippen molar-refractivity contribution < 1.29 is 19.1 Å². The number of hydrogen-bond donors (Lipinski definition) is 2. The van der Waals surface area contributed by atoms with Crippen LogP contribution in [-0.4, -0.2) is 52.3 Å². The van der Waals surface area contributed by atoms with Gasteiger partial charge in [-0.15, -0.1) is 0 Å². The number of nitrogens with one attached hydrogen (secondary N) is 2. The van der Waals surface area contributed by atoms with E-state index in [2.05, 4.69) is 15.4 Å². The first-order valence-corrected chi connectivity index (χ1v) is 5.49. The molecule has 6 heteroatoms. The maximum atomic E-state index is 11.3. The quantitative estimate of drug-likeness (QED) is 0.447. The van der Waals surface area contributed by atoms with Crippen LogP contribution >= 0.6 is 0 Å². The van der Waals surface area contributed by atoms with Crippen LogP contribution < -0.4 is 10.6 Å². The van der Waals surface area contributed by atoms with Gasteiger partial charge >= 0.3 is 5.97 Å². The fourth-order valence-electron chi connectivity index (χ4n) is 1.19. The number of esters is 1. The second-order valence-electron chi connectivity index (χ2n) is 4.32. The molecule has 2 N–H and O–H groups in total. The van der Waals surface area contributed by atoms with Gasteiger partial charge < -0.3 is 20.1 Å². The van der Waals surface area contributed by atoms with E-state index in [1.54, 1.807) is 21.0 Å². The van der Waals surface area contributed by atoms with Gasteiger partial charge in [-0.25, -0.2) is 0 Å². The summed E-state index contributed by atoms with van der Waals surface area (Å²) < 4.78 is 9.46. The molecule has 0 saturated heterocycles. The van der Waals surface area contributed by atoms with Crippen molar-refractivity contribution in [2.45, 2.75) is 13.8 Å². The van der Waals surface area contributed by atoms with Gasteiger partial charge in [-0.1, -0.05) is 0 Å². The number of rotatable bonds is 8. The lowest BCUT2D eigenvalue weighted by Gasteiger charge is -2.21. The fraction of sp³-hybridized carbons (Fsp3) is 0.818. The number of amides is 1. The lowest BCUT2D eigenvalue weighted by atomic mass is 9.94. The normalized spacial score (nSPS) is 11.1. The highest BCUT2D eigenvalue weighted by Gasteiger charge is 2.28. The highest BCUT2D eigenvalue weighted by atomic mass is 16.5. The van der Waals surface area contributed by atoms with Gasteiger partial charge in [0.25, 0.3) is 0 Å². The SMILES string of the molecule is COCCNC(=O)CNCC(C)(C)C(=O)OC. The zero-order chi connectivity index (χ0) is 13.3. The predicted molar refractivity (Wildman–Crippen MR) is 63.6 cm³/mol. The van der Waals surface area contributed by atoms with E-state index < -0.39 is 5.41 Å². The predicted octanol–water partition coefficient (Wildman–Crippen LogP) is -0.462. The standard InChI is InChI=1S/C11H22N2O4/c1-11(2,10(15)17-4)8-12-7-9(14)13-5-6-16-3/h12H,5-8H2,1-4H3,(H,13,14). The summed E-state index contributed by atoms with van der Waals surface area (Å²) in [6.45, 7) is 5.04. The van der Waals surface area contributed by atoms with E-state index in [0.29, 0.717) is 19.7 Å². The van der Waals surface area contributed by atoms with Crippen molar-refractivity contribution in [1.29, 1.82) is 0 Å². The molecule has 0 radical (unpaired) electrons. The van der Waals surface area contributed by atoms with Crippen LogP contribution in [-0.2, 0) is 19.1 Å². The van der Waals surface area contributed by atoms with E-state index in [9.17, 15) is 9.59 Å². The Morgan fingerprint density at radius 2 is 1.88 bits per heavy atom. The van der Waals surface area contributed by atoms with Crippen molar-refractivity contribution in [1.82, 2.24) is 10.6 Å². The molecule has 17 heavy (non-hydrogen) atoms. The Kier molecular flexibility index (Phi) is 7.49. The third-order valence-corrected chi connectivity index (χ3v) is 2.22. The van der Waals surface area contributed by atoms with Crippen molar-refractivity contribution in [3.05, 3.63) is 0 Å². The molecule has 0 atom stereocenters. The van der Waals surface area contributed by atoms with E-state index in [-0.39, 0.29) is 18.4 Å².